The van der Waals surface area contributed by atoms with Gasteiger partial charge in [-0.2, -0.15) is 0 Å². The Morgan fingerprint density at radius 3 is 1.84 bits per heavy atom. The van der Waals surface area contributed by atoms with E-state index in [0.717, 1.165) is 5.57 Å². The predicted molar refractivity (Wildman–Crippen MR) is 76.8 cm³/mol. The SMILES string of the molecule is COC1=CC(OC)(C(C)(C)C)C=C(C(C)(C)C)C1=O. The summed E-state index contributed by atoms with van der Waals surface area (Å²) in [5.41, 5.74) is -0.314. The average molecular weight is 266 g/mol. The molecule has 108 valence electrons. The molecule has 3 heteroatoms. The molecular formula is C16H26O3. The van der Waals surface area contributed by atoms with E-state index in [9.17, 15) is 4.79 Å². The van der Waals surface area contributed by atoms with Gasteiger partial charge >= 0.3 is 0 Å². The zero-order chi connectivity index (χ0) is 15.1. The summed E-state index contributed by atoms with van der Waals surface area (Å²) in [4.78, 5) is 12.4. The van der Waals surface area contributed by atoms with Crippen molar-refractivity contribution in [3.8, 4) is 0 Å². The Labute approximate surface area is 116 Å². The van der Waals surface area contributed by atoms with Gasteiger partial charge in [0.05, 0.1) is 7.11 Å². The number of carbonyl (C=O) groups excluding carboxylic acids is 1. The maximum Gasteiger partial charge on any atom is 0.223 e. The Bertz CT molecular complexity index is 430. The van der Waals surface area contributed by atoms with Gasteiger partial charge in [-0.1, -0.05) is 41.5 Å². The van der Waals surface area contributed by atoms with Gasteiger partial charge in [0.2, 0.25) is 5.78 Å². The molecule has 0 aromatic carbocycles. The molecule has 0 saturated heterocycles. The summed E-state index contributed by atoms with van der Waals surface area (Å²) in [6.45, 7) is 12.3. The van der Waals surface area contributed by atoms with Gasteiger partial charge in [-0.25, -0.2) is 0 Å². The van der Waals surface area contributed by atoms with Crippen molar-refractivity contribution in [3.05, 3.63) is 23.5 Å². The number of carbonyl (C=O) groups is 1. The number of rotatable bonds is 2. The van der Waals surface area contributed by atoms with Crippen molar-refractivity contribution in [1.29, 1.82) is 0 Å². The maximum absolute atomic E-state index is 12.4. The molecule has 0 N–H and O–H groups in total. The molecule has 1 rings (SSSR count). The van der Waals surface area contributed by atoms with Gasteiger partial charge < -0.3 is 9.47 Å². The number of ether oxygens (including phenoxy) is 2. The van der Waals surface area contributed by atoms with E-state index in [1.165, 1.54) is 7.11 Å². The van der Waals surface area contributed by atoms with Gasteiger partial charge in [0.15, 0.2) is 5.76 Å². The van der Waals surface area contributed by atoms with Gasteiger partial charge in [-0.15, -0.1) is 0 Å². The molecule has 1 atom stereocenters. The largest absolute Gasteiger partial charge is 0.493 e. The molecule has 3 nitrogen and oxygen atoms in total. The van der Waals surface area contributed by atoms with Crippen LogP contribution in [-0.4, -0.2) is 25.6 Å². The van der Waals surface area contributed by atoms with Crippen molar-refractivity contribution in [1.82, 2.24) is 0 Å². The Morgan fingerprint density at radius 1 is 1.00 bits per heavy atom. The highest BCUT2D eigenvalue weighted by atomic mass is 16.5. The van der Waals surface area contributed by atoms with Crippen LogP contribution in [-0.2, 0) is 14.3 Å². The van der Waals surface area contributed by atoms with Crippen molar-refractivity contribution in [2.24, 2.45) is 10.8 Å². The van der Waals surface area contributed by atoms with E-state index in [-0.39, 0.29) is 16.6 Å². The molecule has 0 aromatic heterocycles. The number of methoxy groups -OCH3 is 2. The number of hydrogen-bond donors (Lipinski definition) is 0. The third-order valence-corrected chi connectivity index (χ3v) is 3.71. The van der Waals surface area contributed by atoms with Crippen LogP contribution >= 0.6 is 0 Å². The highest BCUT2D eigenvalue weighted by Crippen LogP contribution is 2.43. The van der Waals surface area contributed by atoms with Gasteiger partial charge in [0.1, 0.15) is 5.60 Å². The molecule has 19 heavy (non-hydrogen) atoms. The third-order valence-electron chi connectivity index (χ3n) is 3.71. The van der Waals surface area contributed by atoms with E-state index in [2.05, 4.69) is 20.8 Å². The summed E-state index contributed by atoms with van der Waals surface area (Å²) in [7, 11) is 3.19. The third kappa shape index (κ3) is 2.76. The molecule has 0 heterocycles. The summed E-state index contributed by atoms with van der Waals surface area (Å²) in [5.74, 6) is 0.316. The molecule has 1 unspecified atom stereocenters. The monoisotopic (exact) mass is 266 g/mol. The molecule has 0 saturated carbocycles. The van der Waals surface area contributed by atoms with Crippen LogP contribution in [0.25, 0.3) is 0 Å². The van der Waals surface area contributed by atoms with Crippen LogP contribution in [0.4, 0.5) is 0 Å². The smallest absolute Gasteiger partial charge is 0.223 e. The molecule has 0 bridgehead atoms. The second-order valence-corrected chi connectivity index (χ2v) is 7.10. The molecule has 0 radical (unpaired) electrons. The van der Waals surface area contributed by atoms with E-state index in [4.69, 9.17) is 9.47 Å². The number of hydrogen-bond acceptors (Lipinski definition) is 3. The number of ketones is 1. The van der Waals surface area contributed by atoms with E-state index in [1.54, 1.807) is 13.2 Å². The van der Waals surface area contributed by atoms with Crippen LogP contribution in [0.15, 0.2) is 23.5 Å². The molecule has 0 fully saturated rings. The van der Waals surface area contributed by atoms with Crippen molar-refractivity contribution < 1.29 is 14.3 Å². The molecular weight excluding hydrogens is 240 g/mol. The van der Waals surface area contributed by atoms with E-state index >= 15 is 0 Å². The second kappa shape index (κ2) is 4.78. The first-order valence-corrected chi connectivity index (χ1v) is 6.58. The Balaban J connectivity index is 3.52. The molecule has 0 aliphatic heterocycles. The number of Topliss-reactive ketones (excluding diaryl/α,β-unsaturated/α-hetero) is 1. The fourth-order valence-corrected chi connectivity index (χ4v) is 2.28. The Kier molecular flexibility index (Phi) is 4.02. The topological polar surface area (TPSA) is 35.5 Å². The fraction of sp³-hybridized carbons (Fsp3) is 0.688. The Hall–Kier alpha value is -1.09. The first-order chi connectivity index (χ1) is 8.48. The molecule has 1 aliphatic rings. The van der Waals surface area contributed by atoms with Gasteiger partial charge in [-0.05, 0) is 23.0 Å². The summed E-state index contributed by atoms with van der Waals surface area (Å²) >= 11 is 0. The van der Waals surface area contributed by atoms with E-state index in [0.29, 0.717) is 5.76 Å². The summed E-state index contributed by atoms with van der Waals surface area (Å²) in [6, 6.07) is 0. The van der Waals surface area contributed by atoms with Crippen LogP contribution in [0.2, 0.25) is 0 Å². The lowest BCUT2D eigenvalue weighted by molar-refractivity contribution is -0.117. The highest BCUT2D eigenvalue weighted by molar-refractivity contribution is 6.09. The minimum atomic E-state index is -0.630. The van der Waals surface area contributed by atoms with Crippen molar-refractivity contribution in [3.63, 3.8) is 0 Å². The molecule has 0 amide bonds. The van der Waals surface area contributed by atoms with Crippen molar-refractivity contribution in [2.75, 3.05) is 14.2 Å². The van der Waals surface area contributed by atoms with Gasteiger partial charge in [0.25, 0.3) is 0 Å². The standard InChI is InChI=1S/C16H26O3/c1-14(2,3)11-9-16(19-8,15(4,5)6)10-12(18-7)13(11)17/h9-10H,1-8H3. The lowest BCUT2D eigenvalue weighted by Gasteiger charge is -2.43. The fourth-order valence-electron chi connectivity index (χ4n) is 2.28. The number of allylic oxidation sites excluding steroid dienone is 1. The highest BCUT2D eigenvalue weighted by Gasteiger charge is 2.45. The van der Waals surface area contributed by atoms with Crippen LogP contribution in [0.3, 0.4) is 0 Å². The normalized spacial score (nSPS) is 24.9. The van der Waals surface area contributed by atoms with Crippen LogP contribution in [0.5, 0.6) is 0 Å². The van der Waals surface area contributed by atoms with Crippen molar-refractivity contribution >= 4 is 5.78 Å². The van der Waals surface area contributed by atoms with Crippen LogP contribution in [0, 0.1) is 10.8 Å². The van der Waals surface area contributed by atoms with E-state index in [1.807, 2.05) is 26.8 Å². The quantitative estimate of drug-likeness (QED) is 0.767. The summed E-state index contributed by atoms with van der Waals surface area (Å²) in [5, 5.41) is 0. The second-order valence-electron chi connectivity index (χ2n) is 7.10. The molecule has 1 aliphatic carbocycles. The summed E-state index contributed by atoms with van der Waals surface area (Å²) in [6.07, 6.45) is 3.75. The zero-order valence-electron chi connectivity index (χ0n) is 13.4. The van der Waals surface area contributed by atoms with Gasteiger partial charge in [0, 0.05) is 12.7 Å². The zero-order valence-corrected chi connectivity index (χ0v) is 13.4. The lowest BCUT2D eigenvalue weighted by atomic mass is 9.69. The summed E-state index contributed by atoms with van der Waals surface area (Å²) < 4.78 is 11.0. The van der Waals surface area contributed by atoms with Crippen LogP contribution < -0.4 is 0 Å². The van der Waals surface area contributed by atoms with Gasteiger partial charge in [-0.3, -0.25) is 4.79 Å². The minimum absolute atomic E-state index is 0.0491. The van der Waals surface area contributed by atoms with Crippen LogP contribution in [0.1, 0.15) is 41.5 Å². The van der Waals surface area contributed by atoms with Crippen molar-refractivity contribution in [2.45, 2.75) is 47.1 Å². The molecule has 0 spiro atoms. The Morgan fingerprint density at radius 2 is 1.53 bits per heavy atom. The molecule has 0 aromatic rings. The lowest BCUT2D eigenvalue weighted by Crippen LogP contribution is -2.45. The maximum atomic E-state index is 12.4. The average Bonchev–Trinajstić information content (AvgIpc) is 2.26. The predicted octanol–water partition coefficient (Wildman–Crippen LogP) is 3.50. The van der Waals surface area contributed by atoms with E-state index < -0.39 is 5.60 Å². The minimum Gasteiger partial charge on any atom is -0.493 e. The first-order valence-electron chi connectivity index (χ1n) is 6.58. The first kappa shape index (κ1) is 16.0.